The van der Waals surface area contributed by atoms with Crippen LogP contribution in [0.25, 0.3) is 0 Å². The lowest BCUT2D eigenvalue weighted by molar-refractivity contribution is -0.0574. The number of ether oxygens (including phenoxy) is 1. The van der Waals surface area contributed by atoms with Gasteiger partial charge in [-0.15, -0.1) is 0 Å². The largest absolute Gasteiger partial charge is 0.379 e. The topological polar surface area (TPSA) is 9.23 Å². The molecule has 0 aromatic carbocycles. The van der Waals surface area contributed by atoms with Gasteiger partial charge in [0.1, 0.15) is 0 Å². The van der Waals surface area contributed by atoms with Crippen LogP contribution in [0.5, 0.6) is 0 Å². The second kappa shape index (κ2) is 4.65. The van der Waals surface area contributed by atoms with Crippen molar-refractivity contribution in [3.05, 3.63) is 0 Å². The van der Waals surface area contributed by atoms with Gasteiger partial charge in [0.25, 0.3) is 0 Å². The molecule has 1 rings (SSSR count). The fourth-order valence-corrected chi connectivity index (χ4v) is 3.18. The zero-order valence-electron chi connectivity index (χ0n) is 10.5. The minimum atomic E-state index is 0.150. The molecule has 3 unspecified atom stereocenters. The summed E-state index contributed by atoms with van der Waals surface area (Å²) in [7, 11) is 1.87. The van der Waals surface area contributed by atoms with E-state index in [-0.39, 0.29) is 5.60 Å². The molecule has 0 aromatic rings. The number of hydrogen-bond acceptors (Lipinski definition) is 1. The zero-order valence-corrected chi connectivity index (χ0v) is 10.5. The Balaban J connectivity index is 2.54. The lowest BCUT2D eigenvalue weighted by atomic mass is 9.71. The highest BCUT2D eigenvalue weighted by Gasteiger charge is 2.35. The highest BCUT2D eigenvalue weighted by atomic mass is 16.5. The van der Waals surface area contributed by atoms with E-state index in [0.29, 0.717) is 0 Å². The molecular formula is C13H26O. The second-order valence-corrected chi connectivity index (χ2v) is 5.90. The van der Waals surface area contributed by atoms with Gasteiger partial charge < -0.3 is 4.74 Å². The van der Waals surface area contributed by atoms with Crippen LogP contribution in [-0.2, 0) is 4.74 Å². The molecular weight excluding hydrogens is 172 g/mol. The van der Waals surface area contributed by atoms with Crippen LogP contribution in [0.1, 0.15) is 53.4 Å². The third-order valence-electron chi connectivity index (χ3n) is 3.53. The summed E-state index contributed by atoms with van der Waals surface area (Å²) in [6.07, 6.45) is 5.25. The Kier molecular flexibility index (Phi) is 4.00. The summed E-state index contributed by atoms with van der Waals surface area (Å²) < 4.78 is 5.66. The van der Waals surface area contributed by atoms with Gasteiger partial charge in [0.15, 0.2) is 0 Å². The van der Waals surface area contributed by atoms with E-state index < -0.39 is 0 Å². The molecule has 84 valence electrons. The van der Waals surface area contributed by atoms with Gasteiger partial charge in [0.2, 0.25) is 0 Å². The van der Waals surface area contributed by atoms with Gasteiger partial charge >= 0.3 is 0 Å². The van der Waals surface area contributed by atoms with Crippen molar-refractivity contribution in [3.63, 3.8) is 0 Å². The molecule has 0 saturated heterocycles. The molecule has 1 nitrogen and oxygen atoms in total. The average molecular weight is 198 g/mol. The minimum absolute atomic E-state index is 0.150. The molecule has 1 fully saturated rings. The lowest BCUT2D eigenvalue weighted by Crippen LogP contribution is -2.37. The summed E-state index contributed by atoms with van der Waals surface area (Å²) in [5, 5.41) is 0. The maximum atomic E-state index is 5.66. The Labute approximate surface area is 89.2 Å². The van der Waals surface area contributed by atoms with Crippen LogP contribution in [0, 0.1) is 17.8 Å². The molecule has 3 atom stereocenters. The Morgan fingerprint density at radius 2 is 2.00 bits per heavy atom. The molecule has 0 bridgehead atoms. The standard InChI is InChI=1S/C13H26O/c1-10(2)6-12-7-11(3)8-13(4,9-12)14-5/h10-12H,6-9H2,1-5H3. The molecule has 1 heteroatoms. The van der Waals surface area contributed by atoms with Gasteiger partial charge in [-0.1, -0.05) is 20.8 Å². The Bertz CT molecular complexity index is 174. The molecule has 14 heavy (non-hydrogen) atoms. The van der Waals surface area contributed by atoms with E-state index in [1.807, 2.05) is 7.11 Å². The summed E-state index contributed by atoms with van der Waals surface area (Å²) >= 11 is 0. The smallest absolute Gasteiger partial charge is 0.0656 e. The van der Waals surface area contributed by atoms with Crippen LogP contribution in [0.15, 0.2) is 0 Å². The Hall–Kier alpha value is -0.0400. The van der Waals surface area contributed by atoms with Crippen molar-refractivity contribution in [2.24, 2.45) is 17.8 Å². The number of hydrogen-bond donors (Lipinski definition) is 0. The molecule has 0 heterocycles. The zero-order chi connectivity index (χ0) is 10.8. The van der Waals surface area contributed by atoms with E-state index in [0.717, 1.165) is 17.8 Å². The first-order valence-corrected chi connectivity index (χ1v) is 6.00. The monoisotopic (exact) mass is 198 g/mol. The van der Waals surface area contributed by atoms with Crippen molar-refractivity contribution < 1.29 is 4.74 Å². The van der Waals surface area contributed by atoms with Crippen LogP contribution < -0.4 is 0 Å². The number of rotatable bonds is 3. The average Bonchev–Trinajstić information content (AvgIpc) is 2.01. The van der Waals surface area contributed by atoms with Crippen molar-refractivity contribution in [2.45, 2.75) is 59.0 Å². The van der Waals surface area contributed by atoms with Crippen molar-refractivity contribution >= 4 is 0 Å². The molecule has 0 N–H and O–H groups in total. The third kappa shape index (κ3) is 3.27. The van der Waals surface area contributed by atoms with Gasteiger partial charge in [0, 0.05) is 7.11 Å². The van der Waals surface area contributed by atoms with Crippen molar-refractivity contribution in [3.8, 4) is 0 Å². The quantitative estimate of drug-likeness (QED) is 0.669. The molecule has 0 aromatic heterocycles. The van der Waals surface area contributed by atoms with Gasteiger partial charge in [0.05, 0.1) is 5.60 Å². The minimum Gasteiger partial charge on any atom is -0.379 e. The number of methoxy groups -OCH3 is 1. The van der Waals surface area contributed by atoms with Crippen molar-refractivity contribution in [1.29, 1.82) is 0 Å². The lowest BCUT2D eigenvalue weighted by Gasteiger charge is -2.41. The first-order valence-electron chi connectivity index (χ1n) is 6.00. The van der Waals surface area contributed by atoms with Crippen LogP contribution in [0.4, 0.5) is 0 Å². The van der Waals surface area contributed by atoms with E-state index in [2.05, 4.69) is 27.7 Å². The Morgan fingerprint density at radius 3 is 2.50 bits per heavy atom. The molecule has 0 amide bonds. The van der Waals surface area contributed by atoms with Gasteiger partial charge in [-0.25, -0.2) is 0 Å². The van der Waals surface area contributed by atoms with E-state index >= 15 is 0 Å². The molecule has 0 aliphatic heterocycles. The van der Waals surface area contributed by atoms with E-state index in [1.165, 1.54) is 25.7 Å². The summed E-state index contributed by atoms with van der Waals surface area (Å²) in [6, 6.07) is 0. The fraction of sp³-hybridized carbons (Fsp3) is 1.00. The second-order valence-electron chi connectivity index (χ2n) is 5.90. The maximum absolute atomic E-state index is 5.66. The summed E-state index contributed by atoms with van der Waals surface area (Å²) in [6.45, 7) is 9.28. The van der Waals surface area contributed by atoms with E-state index in [4.69, 9.17) is 4.74 Å². The van der Waals surface area contributed by atoms with Crippen LogP contribution >= 0.6 is 0 Å². The summed E-state index contributed by atoms with van der Waals surface area (Å²) in [5.74, 6) is 2.53. The summed E-state index contributed by atoms with van der Waals surface area (Å²) in [5.41, 5.74) is 0.150. The first-order chi connectivity index (χ1) is 6.45. The van der Waals surface area contributed by atoms with E-state index in [1.54, 1.807) is 0 Å². The van der Waals surface area contributed by atoms with Gasteiger partial charge in [-0.2, -0.15) is 0 Å². The normalized spacial score (nSPS) is 39.0. The Morgan fingerprint density at radius 1 is 1.36 bits per heavy atom. The highest BCUT2D eigenvalue weighted by molar-refractivity contribution is 4.87. The molecule has 1 saturated carbocycles. The first kappa shape index (κ1) is 12.0. The van der Waals surface area contributed by atoms with Crippen molar-refractivity contribution in [2.75, 3.05) is 7.11 Å². The van der Waals surface area contributed by atoms with Gasteiger partial charge in [-0.3, -0.25) is 0 Å². The predicted molar refractivity (Wildman–Crippen MR) is 61.4 cm³/mol. The van der Waals surface area contributed by atoms with Crippen LogP contribution in [0.2, 0.25) is 0 Å². The molecule has 0 radical (unpaired) electrons. The highest BCUT2D eigenvalue weighted by Crippen LogP contribution is 2.40. The van der Waals surface area contributed by atoms with Gasteiger partial charge in [-0.05, 0) is 50.4 Å². The fourth-order valence-electron chi connectivity index (χ4n) is 3.18. The summed E-state index contributed by atoms with van der Waals surface area (Å²) in [4.78, 5) is 0. The molecule has 1 aliphatic carbocycles. The van der Waals surface area contributed by atoms with Crippen molar-refractivity contribution in [1.82, 2.24) is 0 Å². The predicted octanol–water partition coefficient (Wildman–Crippen LogP) is 3.87. The molecule has 1 aliphatic rings. The third-order valence-corrected chi connectivity index (χ3v) is 3.53. The molecule has 0 spiro atoms. The van der Waals surface area contributed by atoms with E-state index in [9.17, 15) is 0 Å². The van der Waals surface area contributed by atoms with Crippen LogP contribution in [-0.4, -0.2) is 12.7 Å². The SMILES string of the molecule is COC1(C)CC(C)CC(CC(C)C)C1. The maximum Gasteiger partial charge on any atom is 0.0656 e. The van der Waals surface area contributed by atoms with Crippen LogP contribution in [0.3, 0.4) is 0 Å².